The van der Waals surface area contributed by atoms with Gasteiger partial charge in [-0.15, -0.1) is 0 Å². The molecule has 0 spiro atoms. The van der Waals surface area contributed by atoms with Crippen LogP contribution in [0.2, 0.25) is 0 Å². The van der Waals surface area contributed by atoms with E-state index >= 15 is 0 Å². The van der Waals surface area contributed by atoms with Crippen molar-refractivity contribution in [3.05, 3.63) is 5.21 Å². The Labute approximate surface area is 105 Å². The van der Waals surface area contributed by atoms with E-state index in [9.17, 15) is 5.21 Å². The molecule has 0 aliphatic rings. The SMILES string of the molecule is NCCCC[N+]([O-])(CCCCN)CCCCN. The molecule has 5 nitrogen and oxygen atoms in total. The van der Waals surface area contributed by atoms with Crippen molar-refractivity contribution in [1.29, 1.82) is 0 Å². The van der Waals surface area contributed by atoms with E-state index in [1.807, 2.05) is 0 Å². The van der Waals surface area contributed by atoms with E-state index in [1.165, 1.54) is 0 Å². The van der Waals surface area contributed by atoms with Crippen molar-refractivity contribution in [3.8, 4) is 0 Å². The third-order valence-corrected chi connectivity index (χ3v) is 3.06. The molecule has 0 aromatic rings. The Hall–Kier alpha value is -0.200. The maximum Gasteiger partial charge on any atom is 0.0784 e. The summed E-state index contributed by atoms with van der Waals surface area (Å²) in [6, 6.07) is 0. The first-order valence-corrected chi connectivity index (χ1v) is 6.86. The molecule has 104 valence electrons. The van der Waals surface area contributed by atoms with Gasteiger partial charge in [-0.2, -0.15) is 0 Å². The van der Waals surface area contributed by atoms with Gasteiger partial charge in [-0.3, -0.25) is 0 Å². The molecule has 0 rings (SSSR count). The van der Waals surface area contributed by atoms with Crippen LogP contribution in [0.3, 0.4) is 0 Å². The fourth-order valence-corrected chi connectivity index (χ4v) is 1.97. The number of nitrogens with two attached hydrogens (primary N) is 3. The number of rotatable bonds is 12. The fraction of sp³-hybridized carbons (Fsp3) is 1.00. The molecule has 0 fully saturated rings. The second-order valence-electron chi connectivity index (χ2n) is 4.72. The molecule has 0 aliphatic carbocycles. The Kier molecular flexibility index (Phi) is 10.8. The molecular weight excluding hydrogens is 216 g/mol. The molecule has 0 saturated carbocycles. The first-order chi connectivity index (χ1) is 8.18. The Bertz CT molecular complexity index is 140. The Morgan fingerprint density at radius 1 is 0.588 bits per heavy atom. The summed E-state index contributed by atoms with van der Waals surface area (Å²) in [7, 11) is 0. The van der Waals surface area contributed by atoms with Gasteiger partial charge >= 0.3 is 0 Å². The highest BCUT2D eigenvalue weighted by Gasteiger charge is 2.15. The van der Waals surface area contributed by atoms with Crippen molar-refractivity contribution in [3.63, 3.8) is 0 Å². The summed E-state index contributed by atoms with van der Waals surface area (Å²) >= 11 is 0. The van der Waals surface area contributed by atoms with Crippen LogP contribution in [0, 0.1) is 5.21 Å². The lowest BCUT2D eigenvalue weighted by atomic mass is 10.2. The van der Waals surface area contributed by atoms with E-state index in [0.29, 0.717) is 39.3 Å². The zero-order valence-electron chi connectivity index (χ0n) is 11.1. The number of unbranched alkanes of at least 4 members (excludes halogenated alkanes) is 3. The van der Waals surface area contributed by atoms with Gasteiger partial charge in [0.2, 0.25) is 0 Å². The number of hydroxylamine groups is 3. The van der Waals surface area contributed by atoms with Gasteiger partial charge in [0.15, 0.2) is 0 Å². The quantitative estimate of drug-likeness (QED) is 0.265. The molecule has 0 atom stereocenters. The van der Waals surface area contributed by atoms with Gasteiger partial charge in [-0.05, 0) is 58.2 Å². The van der Waals surface area contributed by atoms with Gasteiger partial charge in [-0.25, -0.2) is 0 Å². The van der Waals surface area contributed by atoms with Crippen molar-refractivity contribution >= 4 is 0 Å². The van der Waals surface area contributed by atoms with Gasteiger partial charge in [0.25, 0.3) is 0 Å². The van der Waals surface area contributed by atoms with Crippen LogP contribution in [-0.2, 0) is 0 Å². The predicted molar refractivity (Wildman–Crippen MR) is 73.1 cm³/mol. The summed E-state index contributed by atoms with van der Waals surface area (Å²) in [5, 5.41) is 12.5. The largest absolute Gasteiger partial charge is 0.633 e. The first-order valence-electron chi connectivity index (χ1n) is 6.86. The lowest BCUT2D eigenvalue weighted by Gasteiger charge is -2.43. The molecule has 0 saturated heterocycles. The van der Waals surface area contributed by atoms with Gasteiger partial charge in [-0.1, -0.05) is 0 Å². The van der Waals surface area contributed by atoms with Crippen molar-refractivity contribution in [2.24, 2.45) is 17.2 Å². The maximum absolute atomic E-state index is 12.5. The van der Waals surface area contributed by atoms with Gasteiger partial charge < -0.3 is 27.1 Å². The monoisotopic (exact) mass is 246 g/mol. The third kappa shape index (κ3) is 9.50. The molecule has 0 radical (unpaired) electrons. The van der Waals surface area contributed by atoms with Crippen LogP contribution in [0.5, 0.6) is 0 Å². The molecule has 0 heterocycles. The van der Waals surface area contributed by atoms with E-state index in [0.717, 1.165) is 38.5 Å². The molecule has 0 aromatic heterocycles. The highest BCUT2D eigenvalue weighted by Crippen LogP contribution is 2.12. The average molecular weight is 246 g/mol. The van der Waals surface area contributed by atoms with Crippen LogP contribution in [0.4, 0.5) is 0 Å². The maximum atomic E-state index is 12.5. The fourth-order valence-electron chi connectivity index (χ4n) is 1.97. The molecule has 6 N–H and O–H groups in total. The van der Waals surface area contributed by atoms with Crippen molar-refractivity contribution in [2.75, 3.05) is 39.3 Å². The second kappa shape index (κ2) is 10.9. The zero-order chi connectivity index (χ0) is 13.0. The van der Waals surface area contributed by atoms with Crippen LogP contribution in [0.1, 0.15) is 38.5 Å². The molecule has 0 aromatic carbocycles. The normalized spacial score (nSPS) is 12.0. The van der Waals surface area contributed by atoms with Crippen LogP contribution >= 0.6 is 0 Å². The topological polar surface area (TPSA) is 101 Å². The minimum atomic E-state index is -0.0833. The standard InChI is InChI=1S/C12H30N4O/c13-7-1-4-10-16(17,11-5-2-8-14)12-6-3-9-15/h1-15H2. The second-order valence-corrected chi connectivity index (χ2v) is 4.72. The van der Waals surface area contributed by atoms with Gasteiger partial charge in [0.05, 0.1) is 19.6 Å². The van der Waals surface area contributed by atoms with Gasteiger partial charge in [0.1, 0.15) is 0 Å². The van der Waals surface area contributed by atoms with Crippen molar-refractivity contribution < 1.29 is 4.65 Å². The Balaban J connectivity index is 3.95. The van der Waals surface area contributed by atoms with E-state index in [1.54, 1.807) is 0 Å². The number of quaternary nitrogens is 1. The lowest BCUT2D eigenvalue weighted by molar-refractivity contribution is -0.881. The van der Waals surface area contributed by atoms with Crippen molar-refractivity contribution in [2.45, 2.75) is 38.5 Å². The summed E-state index contributed by atoms with van der Waals surface area (Å²) in [4.78, 5) is 0. The number of hydrogen-bond donors (Lipinski definition) is 3. The van der Waals surface area contributed by atoms with E-state index < -0.39 is 0 Å². The molecule has 17 heavy (non-hydrogen) atoms. The molecule has 0 unspecified atom stereocenters. The first kappa shape index (κ1) is 16.8. The average Bonchev–Trinajstić information content (AvgIpc) is 2.30. The van der Waals surface area contributed by atoms with E-state index in [-0.39, 0.29) is 4.65 Å². The Morgan fingerprint density at radius 2 is 0.882 bits per heavy atom. The molecule has 0 amide bonds. The minimum absolute atomic E-state index is 0.0833. The summed E-state index contributed by atoms with van der Waals surface area (Å²) in [6.07, 6.45) is 5.59. The molecule has 5 heteroatoms. The van der Waals surface area contributed by atoms with E-state index in [2.05, 4.69) is 0 Å². The molecule has 0 aliphatic heterocycles. The number of nitrogens with zero attached hydrogens (tertiary/aromatic N) is 1. The highest BCUT2D eigenvalue weighted by molar-refractivity contribution is 4.51. The summed E-state index contributed by atoms with van der Waals surface area (Å²) in [5.74, 6) is 0. The molecular formula is C12H30N4O. The lowest BCUT2D eigenvalue weighted by Crippen LogP contribution is -2.44. The van der Waals surface area contributed by atoms with Crippen LogP contribution in [0.15, 0.2) is 0 Å². The molecule has 0 bridgehead atoms. The van der Waals surface area contributed by atoms with Gasteiger partial charge in [0, 0.05) is 0 Å². The highest BCUT2D eigenvalue weighted by atomic mass is 16.5. The van der Waals surface area contributed by atoms with Crippen LogP contribution in [0.25, 0.3) is 0 Å². The minimum Gasteiger partial charge on any atom is -0.633 e. The number of hydrogen-bond acceptors (Lipinski definition) is 4. The van der Waals surface area contributed by atoms with E-state index in [4.69, 9.17) is 17.2 Å². The summed E-state index contributed by atoms with van der Waals surface area (Å²) in [6.45, 7) is 4.08. The van der Waals surface area contributed by atoms with Crippen LogP contribution in [-0.4, -0.2) is 43.9 Å². The predicted octanol–water partition coefficient (Wildman–Crippen LogP) is 0.518. The summed E-state index contributed by atoms with van der Waals surface area (Å²) in [5.41, 5.74) is 16.4. The van der Waals surface area contributed by atoms with Crippen LogP contribution < -0.4 is 17.2 Å². The third-order valence-electron chi connectivity index (χ3n) is 3.06. The summed E-state index contributed by atoms with van der Waals surface area (Å²) < 4.78 is -0.0833. The van der Waals surface area contributed by atoms with Crippen molar-refractivity contribution in [1.82, 2.24) is 0 Å². The zero-order valence-corrected chi connectivity index (χ0v) is 11.1. The smallest absolute Gasteiger partial charge is 0.0784 e. The Morgan fingerprint density at radius 3 is 1.12 bits per heavy atom.